The van der Waals surface area contributed by atoms with Crippen LogP contribution in [0.1, 0.15) is 45.4 Å². The Labute approximate surface area is 102 Å². The van der Waals surface area contributed by atoms with Gasteiger partial charge in [-0.25, -0.2) is 0 Å². The summed E-state index contributed by atoms with van der Waals surface area (Å²) in [6.45, 7) is 2.15. The quantitative estimate of drug-likeness (QED) is 0.761. The number of carboxylic acids is 1. The number of hydrogen-bond acceptors (Lipinski definition) is 1. The van der Waals surface area contributed by atoms with Crippen molar-refractivity contribution in [3.05, 3.63) is 0 Å². The second-order valence-electron chi connectivity index (χ2n) is 2.56. The van der Waals surface area contributed by atoms with Crippen molar-refractivity contribution in [1.29, 1.82) is 0 Å². The molecule has 0 aliphatic carbocycles. The molecule has 0 bridgehead atoms. The van der Waals surface area contributed by atoms with Gasteiger partial charge in [-0.05, 0) is 6.42 Å². The van der Waals surface area contributed by atoms with Gasteiger partial charge in [0.2, 0.25) is 0 Å². The molecular weight excluding hydrogens is 268 g/mol. The predicted octanol–water partition coefficient (Wildman–Crippen LogP) is 2.43. The largest absolute Gasteiger partial charge is 0.481 e. The molecule has 0 spiro atoms. The van der Waals surface area contributed by atoms with Crippen LogP contribution in [0.2, 0.25) is 0 Å². The van der Waals surface area contributed by atoms with Gasteiger partial charge in [0.15, 0.2) is 0 Å². The molecule has 3 heteroatoms. The molecule has 0 fully saturated rings. The number of hydrogen-bond donors (Lipinski definition) is 1. The van der Waals surface area contributed by atoms with Crippen molar-refractivity contribution in [3.63, 3.8) is 0 Å². The topological polar surface area (TPSA) is 37.3 Å². The Bertz CT molecular complexity index is 94.1. The zero-order valence-electron chi connectivity index (χ0n) is 7.10. The Morgan fingerprint density at radius 1 is 1.18 bits per heavy atom. The second kappa shape index (κ2) is 10.8. The molecular formula is C8H16CeO2. The van der Waals surface area contributed by atoms with Crippen molar-refractivity contribution in [1.82, 2.24) is 0 Å². The standard InChI is InChI=1S/C8H16O2.Ce/c1-2-3-4-5-6-7-8(9)10;/h2-7H2,1H3,(H,9,10);. The van der Waals surface area contributed by atoms with E-state index >= 15 is 0 Å². The summed E-state index contributed by atoms with van der Waals surface area (Å²) in [4.78, 5) is 10.0. The predicted molar refractivity (Wildman–Crippen MR) is 41.0 cm³/mol. The summed E-state index contributed by atoms with van der Waals surface area (Å²) in [5, 5.41) is 8.27. The first-order valence-corrected chi connectivity index (χ1v) is 3.99. The molecule has 64 valence electrons. The maximum absolute atomic E-state index is 10.0. The molecule has 1 N–H and O–H groups in total. The fourth-order valence-electron chi connectivity index (χ4n) is 0.880. The van der Waals surface area contributed by atoms with Crippen LogP contribution >= 0.6 is 0 Å². The van der Waals surface area contributed by atoms with Crippen molar-refractivity contribution < 1.29 is 51.6 Å². The van der Waals surface area contributed by atoms with Crippen LogP contribution in [-0.4, -0.2) is 11.1 Å². The molecule has 2 nitrogen and oxygen atoms in total. The zero-order chi connectivity index (χ0) is 7.82. The first-order chi connectivity index (χ1) is 4.77. The second-order valence-corrected chi connectivity index (χ2v) is 2.56. The molecule has 0 aliphatic rings. The Morgan fingerprint density at radius 2 is 1.73 bits per heavy atom. The molecule has 0 radical (unpaired) electrons. The average Bonchev–Trinajstić information content (AvgIpc) is 1.87. The minimum atomic E-state index is -0.670. The molecule has 0 aromatic carbocycles. The number of rotatable bonds is 6. The maximum atomic E-state index is 10.0. The monoisotopic (exact) mass is 284 g/mol. The average molecular weight is 284 g/mol. The molecule has 0 amide bonds. The van der Waals surface area contributed by atoms with E-state index in [4.69, 9.17) is 5.11 Å². The van der Waals surface area contributed by atoms with E-state index in [0.717, 1.165) is 12.8 Å². The van der Waals surface area contributed by atoms with E-state index in [-0.39, 0.29) is 41.7 Å². The summed E-state index contributed by atoms with van der Waals surface area (Å²) in [7, 11) is 0. The molecule has 0 aliphatic heterocycles. The van der Waals surface area contributed by atoms with Gasteiger partial charge in [0, 0.05) is 48.2 Å². The minimum Gasteiger partial charge on any atom is -0.481 e. The van der Waals surface area contributed by atoms with E-state index in [9.17, 15) is 4.79 Å². The van der Waals surface area contributed by atoms with Crippen LogP contribution in [0.3, 0.4) is 0 Å². The Kier molecular flexibility index (Phi) is 14.2. The van der Waals surface area contributed by atoms with Gasteiger partial charge in [-0.2, -0.15) is 0 Å². The van der Waals surface area contributed by atoms with Gasteiger partial charge in [-0.15, -0.1) is 0 Å². The number of aliphatic carboxylic acids is 1. The van der Waals surface area contributed by atoms with Crippen molar-refractivity contribution in [3.8, 4) is 0 Å². The van der Waals surface area contributed by atoms with Gasteiger partial charge in [0.25, 0.3) is 0 Å². The molecule has 0 rings (SSSR count). The SMILES string of the molecule is CCCCCCCC(=O)O.[Ce]. The number of carbonyl (C=O) groups is 1. The van der Waals surface area contributed by atoms with E-state index in [1.807, 2.05) is 0 Å². The fourth-order valence-corrected chi connectivity index (χ4v) is 0.880. The summed E-state index contributed by atoms with van der Waals surface area (Å²) >= 11 is 0. The summed E-state index contributed by atoms with van der Waals surface area (Å²) < 4.78 is 0. The first-order valence-electron chi connectivity index (χ1n) is 3.99. The Hall–Kier alpha value is 0.847. The molecule has 0 aromatic rings. The van der Waals surface area contributed by atoms with Crippen molar-refractivity contribution in [2.24, 2.45) is 0 Å². The minimum absolute atomic E-state index is 0. The van der Waals surface area contributed by atoms with Gasteiger partial charge in [0.1, 0.15) is 0 Å². The van der Waals surface area contributed by atoms with Crippen molar-refractivity contribution >= 4 is 5.97 Å². The van der Waals surface area contributed by atoms with Crippen LogP contribution < -0.4 is 0 Å². The third-order valence-electron chi connectivity index (χ3n) is 1.49. The van der Waals surface area contributed by atoms with Gasteiger partial charge >= 0.3 is 5.97 Å². The van der Waals surface area contributed by atoms with Crippen LogP contribution in [0.15, 0.2) is 0 Å². The summed E-state index contributed by atoms with van der Waals surface area (Å²) in [5.74, 6) is -0.670. The van der Waals surface area contributed by atoms with Crippen molar-refractivity contribution in [2.75, 3.05) is 0 Å². The molecule has 0 atom stereocenters. The van der Waals surface area contributed by atoms with E-state index in [1.165, 1.54) is 19.3 Å². The Morgan fingerprint density at radius 3 is 2.18 bits per heavy atom. The molecule has 11 heavy (non-hydrogen) atoms. The van der Waals surface area contributed by atoms with E-state index < -0.39 is 5.97 Å². The molecule has 0 heterocycles. The van der Waals surface area contributed by atoms with E-state index in [1.54, 1.807) is 0 Å². The third-order valence-corrected chi connectivity index (χ3v) is 1.49. The van der Waals surface area contributed by atoms with E-state index in [2.05, 4.69) is 6.92 Å². The first kappa shape index (κ1) is 14.4. The Balaban J connectivity index is 0. The summed E-state index contributed by atoms with van der Waals surface area (Å²) in [5.41, 5.74) is 0. The molecule has 0 aromatic heterocycles. The smallest absolute Gasteiger partial charge is 0.303 e. The molecule has 0 unspecified atom stereocenters. The summed E-state index contributed by atoms with van der Waals surface area (Å²) in [6, 6.07) is 0. The van der Waals surface area contributed by atoms with Crippen LogP contribution in [0.4, 0.5) is 0 Å². The normalized spacial score (nSPS) is 8.82. The zero-order valence-corrected chi connectivity index (χ0v) is 10.2. The molecule has 0 saturated carbocycles. The van der Waals surface area contributed by atoms with Crippen LogP contribution in [0, 0.1) is 41.7 Å². The number of unbranched alkanes of at least 4 members (excludes halogenated alkanes) is 4. The van der Waals surface area contributed by atoms with Crippen molar-refractivity contribution in [2.45, 2.75) is 45.4 Å². The van der Waals surface area contributed by atoms with Crippen LogP contribution in [0.5, 0.6) is 0 Å². The summed E-state index contributed by atoms with van der Waals surface area (Å²) in [6.07, 6.45) is 5.88. The fraction of sp³-hybridized carbons (Fsp3) is 0.875. The van der Waals surface area contributed by atoms with E-state index in [0.29, 0.717) is 6.42 Å². The van der Waals surface area contributed by atoms with Gasteiger partial charge in [-0.1, -0.05) is 32.6 Å². The van der Waals surface area contributed by atoms with Crippen LogP contribution in [-0.2, 0) is 4.79 Å². The number of carboxylic acid groups (broad SMARTS) is 1. The maximum Gasteiger partial charge on any atom is 0.303 e. The van der Waals surface area contributed by atoms with Gasteiger partial charge in [0.05, 0.1) is 0 Å². The van der Waals surface area contributed by atoms with Crippen LogP contribution in [0.25, 0.3) is 0 Å². The van der Waals surface area contributed by atoms with Gasteiger partial charge in [-0.3, -0.25) is 4.79 Å². The third kappa shape index (κ3) is 13.8. The van der Waals surface area contributed by atoms with Gasteiger partial charge < -0.3 is 5.11 Å². The molecule has 0 saturated heterocycles.